The van der Waals surface area contributed by atoms with Gasteiger partial charge in [0.15, 0.2) is 0 Å². The van der Waals surface area contributed by atoms with Crippen LogP contribution in [0.2, 0.25) is 0 Å². The molecule has 0 spiro atoms. The van der Waals surface area contributed by atoms with Gasteiger partial charge in [-0.2, -0.15) is 0 Å². The van der Waals surface area contributed by atoms with E-state index in [0.29, 0.717) is 13.2 Å². The highest BCUT2D eigenvalue weighted by molar-refractivity contribution is 5.99. The van der Waals surface area contributed by atoms with Crippen molar-refractivity contribution in [1.29, 1.82) is 0 Å². The summed E-state index contributed by atoms with van der Waals surface area (Å²) in [6, 6.07) is 0. The van der Waals surface area contributed by atoms with Gasteiger partial charge in [0.1, 0.15) is 6.61 Å². The summed E-state index contributed by atoms with van der Waals surface area (Å²) in [5.74, 6) is -0.263. The molecule has 1 saturated heterocycles. The Morgan fingerprint density at radius 3 is 2.76 bits per heavy atom. The zero-order chi connectivity index (χ0) is 12.5. The summed E-state index contributed by atoms with van der Waals surface area (Å²) in [5.41, 5.74) is 0. The molecule has 96 valence electrons. The molecule has 0 aromatic carbocycles. The molecule has 1 rings (SSSR count). The van der Waals surface area contributed by atoms with Crippen molar-refractivity contribution in [3.05, 3.63) is 12.2 Å². The van der Waals surface area contributed by atoms with Crippen LogP contribution in [0.15, 0.2) is 12.2 Å². The van der Waals surface area contributed by atoms with Crippen LogP contribution in [-0.2, 0) is 9.53 Å². The molecule has 0 atom stereocenters. The Balaban J connectivity index is 2.11. The average molecular weight is 239 g/mol. The number of hydrogen-bond donors (Lipinski definition) is 0. The molecule has 4 heteroatoms. The van der Waals surface area contributed by atoms with E-state index in [1.165, 1.54) is 31.8 Å². The molecule has 0 saturated carbocycles. The number of imide groups is 1. The van der Waals surface area contributed by atoms with Crippen molar-refractivity contribution >= 4 is 12.0 Å². The van der Waals surface area contributed by atoms with Crippen LogP contribution in [0.4, 0.5) is 4.79 Å². The molecule has 0 N–H and O–H groups in total. The van der Waals surface area contributed by atoms with Gasteiger partial charge in [-0.1, -0.05) is 38.7 Å². The first-order valence-electron chi connectivity index (χ1n) is 6.40. The number of cyclic esters (lactones) is 1. The second-order valence-electron chi connectivity index (χ2n) is 4.21. The number of amides is 2. The molecule has 0 aromatic rings. The van der Waals surface area contributed by atoms with E-state index in [1.807, 2.05) is 6.08 Å². The fourth-order valence-electron chi connectivity index (χ4n) is 1.73. The Labute approximate surface area is 103 Å². The van der Waals surface area contributed by atoms with Gasteiger partial charge in [0.2, 0.25) is 0 Å². The Kier molecular flexibility index (Phi) is 6.37. The van der Waals surface area contributed by atoms with Gasteiger partial charge in [-0.3, -0.25) is 4.79 Å². The molecule has 17 heavy (non-hydrogen) atoms. The maximum atomic E-state index is 11.5. The molecule has 0 radical (unpaired) electrons. The van der Waals surface area contributed by atoms with Crippen molar-refractivity contribution in [2.45, 2.75) is 45.4 Å². The first-order chi connectivity index (χ1) is 8.25. The van der Waals surface area contributed by atoms with Crippen LogP contribution >= 0.6 is 0 Å². The number of carbonyl (C=O) groups excluding carboxylic acids is 2. The van der Waals surface area contributed by atoms with Crippen molar-refractivity contribution in [2.75, 3.05) is 13.2 Å². The molecule has 2 amide bonds. The standard InChI is InChI=1S/C13H21NO3/c1-2-3-4-5-6-7-8-9-12(15)14-10-11-17-13(14)16/h8-9H,2-7,10-11H2,1H3/b9-8+. The molecule has 1 fully saturated rings. The van der Waals surface area contributed by atoms with Gasteiger partial charge in [0, 0.05) is 0 Å². The quantitative estimate of drug-likeness (QED) is 0.507. The Bertz CT molecular complexity index is 286. The summed E-state index contributed by atoms with van der Waals surface area (Å²) in [4.78, 5) is 23.7. The lowest BCUT2D eigenvalue weighted by Gasteiger charge is -2.06. The van der Waals surface area contributed by atoms with Crippen molar-refractivity contribution < 1.29 is 14.3 Å². The van der Waals surface area contributed by atoms with Crippen LogP contribution < -0.4 is 0 Å². The molecule has 1 heterocycles. The maximum absolute atomic E-state index is 11.5. The third-order valence-electron chi connectivity index (χ3n) is 2.76. The number of ether oxygens (including phenoxy) is 1. The minimum atomic E-state index is -0.525. The van der Waals surface area contributed by atoms with Crippen LogP contribution in [0, 0.1) is 0 Å². The topological polar surface area (TPSA) is 46.6 Å². The smallest absolute Gasteiger partial charge is 0.416 e. The number of rotatable bonds is 7. The molecule has 0 aliphatic carbocycles. The summed E-state index contributed by atoms with van der Waals surface area (Å²) in [6.07, 6.45) is 9.80. The highest BCUT2D eigenvalue weighted by atomic mass is 16.6. The molecule has 4 nitrogen and oxygen atoms in total. The molecule has 0 aromatic heterocycles. The summed E-state index contributed by atoms with van der Waals surface area (Å²) in [7, 11) is 0. The number of allylic oxidation sites excluding steroid dienone is 1. The van der Waals surface area contributed by atoms with E-state index < -0.39 is 6.09 Å². The summed E-state index contributed by atoms with van der Waals surface area (Å²) >= 11 is 0. The van der Waals surface area contributed by atoms with Crippen molar-refractivity contribution in [3.63, 3.8) is 0 Å². The van der Waals surface area contributed by atoms with Crippen LogP contribution in [-0.4, -0.2) is 30.1 Å². The van der Waals surface area contributed by atoms with E-state index in [9.17, 15) is 9.59 Å². The molecular formula is C13H21NO3. The van der Waals surface area contributed by atoms with Gasteiger partial charge in [-0.25, -0.2) is 9.69 Å². The highest BCUT2D eigenvalue weighted by Crippen LogP contribution is 2.07. The van der Waals surface area contributed by atoms with Gasteiger partial charge >= 0.3 is 6.09 Å². The van der Waals surface area contributed by atoms with Crippen LogP contribution in [0.5, 0.6) is 0 Å². The van der Waals surface area contributed by atoms with E-state index in [-0.39, 0.29) is 5.91 Å². The first-order valence-corrected chi connectivity index (χ1v) is 6.40. The SMILES string of the molecule is CCCCCCC/C=C/C(=O)N1CCOC1=O. The normalized spacial score (nSPS) is 15.6. The fourth-order valence-corrected chi connectivity index (χ4v) is 1.73. The Morgan fingerprint density at radius 2 is 2.12 bits per heavy atom. The Morgan fingerprint density at radius 1 is 1.35 bits per heavy atom. The third kappa shape index (κ3) is 5.02. The van der Waals surface area contributed by atoms with Crippen LogP contribution in [0.1, 0.15) is 45.4 Å². The monoisotopic (exact) mass is 239 g/mol. The second kappa shape index (κ2) is 7.87. The van der Waals surface area contributed by atoms with E-state index in [0.717, 1.165) is 17.7 Å². The minimum absolute atomic E-state index is 0.263. The first kappa shape index (κ1) is 13.7. The zero-order valence-electron chi connectivity index (χ0n) is 10.5. The van der Waals surface area contributed by atoms with Crippen molar-refractivity contribution in [2.24, 2.45) is 0 Å². The van der Waals surface area contributed by atoms with Gasteiger partial charge in [0.05, 0.1) is 6.54 Å². The summed E-state index contributed by atoms with van der Waals surface area (Å²) in [6.45, 7) is 2.88. The molecule has 1 aliphatic heterocycles. The lowest BCUT2D eigenvalue weighted by Crippen LogP contribution is -2.29. The zero-order valence-corrected chi connectivity index (χ0v) is 10.5. The number of nitrogens with zero attached hydrogens (tertiary/aromatic N) is 1. The lowest BCUT2D eigenvalue weighted by molar-refractivity contribution is -0.122. The molecule has 0 bridgehead atoms. The molecular weight excluding hydrogens is 218 g/mol. The minimum Gasteiger partial charge on any atom is -0.447 e. The predicted molar refractivity (Wildman–Crippen MR) is 65.6 cm³/mol. The largest absolute Gasteiger partial charge is 0.447 e. The molecule has 1 aliphatic rings. The van der Waals surface area contributed by atoms with Crippen LogP contribution in [0.3, 0.4) is 0 Å². The highest BCUT2D eigenvalue weighted by Gasteiger charge is 2.26. The van der Waals surface area contributed by atoms with Gasteiger partial charge < -0.3 is 4.74 Å². The van der Waals surface area contributed by atoms with E-state index >= 15 is 0 Å². The van der Waals surface area contributed by atoms with Gasteiger partial charge in [-0.15, -0.1) is 0 Å². The number of carbonyl (C=O) groups is 2. The lowest BCUT2D eigenvalue weighted by atomic mass is 10.1. The van der Waals surface area contributed by atoms with Gasteiger partial charge in [-0.05, 0) is 18.9 Å². The predicted octanol–water partition coefficient (Wildman–Crippen LogP) is 2.88. The van der Waals surface area contributed by atoms with Crippen molar-refractivity contribution in [3.8, 4) is 0 Å². The van der Waals surface area contributed by atoms with E-state index in [4.69, 9.17) is 4.74 Å². The van der Waals surface area contributed by atoms with Gasteiger partial charge in [0.25, 0.3) is 5.91 Å². The van der Waals surface area contributed by atoms with Crippen LogP contribution in [0.25, 0.3) is 0 Å². The Hall–Kier alpha value is -1.32. The second-order valence-corrected chi connectivity index (χ2v) is 4.21. The maximum Gasteiger partial charge on any atom is 0.416 e. The molecule has 0 unspecified atom stereocenters. The van der Waals surface area contributed by atoms with E-state index in [2.05, 4.69) is 6.92 Å². The number of hydrogen-bond acceptors (Lipinski definition) is 3. The summed E-state index contributed by atoms with van der Waals surface area (Å²) < 4.78 is 4.69. The fraction of sp³-hybridized carbons (Fsp3) is 0.692. The average Bonchev–Trinajstić information content (AvgIpc) is 2.74. The van der Waals surface area contributed by atoms with E-state index in [1.54, 1.807) is 0 Å². The third-order valence-corrected chi connectivity index (χ3v) is 2.76. The number of unbranched alkanes of at least 4 members (excludes halogenated alkanes) is 5. The summed E-state index contributed by atoms with van der Waals surface area (Å²) in [5, 5.41) is 0. The van der Waals surface area contributed by atoms with Crippen molar-refractivity contribution in [1.82, 2.24) is 4.90 Å².